The number of aromatic nitrogens is 1. The lowest BCUT2D eigenvalue weighted by molar-refractivity contribution is -0.103. The van der Waals surface area contributed by atoms with Gasteiger partial charge in [-0.05, 0) is 42.8 Å². The van der Waals surface area contributed by atoms with Crippen LogP contribution in [0.25, 0.3) is 16.7 Å². The van der Waals surface area contributed by atoms with E-state index in [0.717, 1.165) is 18.5 Å². The Bertz CT molecular complexity index is 925. The van der Waals surface area contributed by atoms with Gasteiger partial charge in [0, 0.05) is 11.9 Å². The van der Waals surface area contributed by atoms with Gasteiger partial charge in [-0.1, -0.05) is 25.5 Å². The van der Waals surface area contributed by atoms with Gasteiger partial charge >= 0.3 is 5.97 Å². The topological polar surface area (TPSA) is 81.4 Å². The number of hydrogen-bond donors (Lipinski definition) is 1. The van der Waals surface area contributed by atoms with Gasteiger partial charge in [-0.3, -0.25) is 4.79 Å². The Kier molecular flexibility index (Phi) is 5.99. The molecule has 0 unspecified atom stereocenters. The first-order valence-electron chi connectivity index (χ1n) is 8.76. The van der Waals surface area contributed by atoms with Crippen LogP contribution in [-0.2, 0) is 9.53 Å². The Labute approximate surface area is 156 Å². The van der Waals surface area contributed by atoms with Gasteiger partial charge in [0.2, 0.25) is 5.89 Å². The summed E-state index contributed by atoms with van der Waals surface area (Å²) in [5, 5.41) is 3.01. The predicted octanol–water partition coefficient (Wildman–Crippen LogP) is 4.44. The van der Waals surface area contributed by atoms with Gasteiger partial charge in [0.05, 0.1) is 17.7 Å². The Balaban J connectivity index is 1.68. The highest BCUT2D eigenvalue weighted by atomic mass is 16.5. The maximum Gasteiger partial charge on any atom is 0.338 e. The van der Waals surface area contributed by atoms with Crippen LogP contribution < -0.4 is 5.32 Å². The highest BCUT2D eigenvalue weighted by Crippen LogP contribution is 2.20. The van der Waals surface area contributed by atoms with Crippen molar-refractivity contribution >= 4 is 34.6 Å². The number of oxazole rings is 1. The summed E-state index contributed by atoms with van der Waals surface area (Å²) in [5.41, 5.74) is 2.79. The summed E-state index contributed by atoms with van der Waals surface area (Å²) in [5.74, 6) is -0.0968. The third-order valence-electron chi connectivity index (χ3n) is 3.91. The maximum atomic E-state index is 11.9. The van der Waals surface area contributed by atoms with Crippen molar-refractivity contribution in [1.82, 2.24) is 4.98 Å². The summed E-state index contributed by atoms with van der Waals surface area (Å²) in [6.45, 7) is 2.46. The number of para-hydroxylation sites is 2. The number of ether oxygens (including phenoxy) is 1. The van der Waals surface area contributed by atoms with E-state index in [1.165, 1.54) is 6.20 Å². The largest absolute Gasteiger partial charge is 0.462 e. The van der Waals surface area contributed by atoms with Crippen LogP contribution in [-0.4, -0.2) is 23.8 Å². The van der Waals surface area contributed by atoms with E-state index in [2.05, 4.69) is 10.3 Å². The molecule has 6 heteroatoms. The van der Waals surface area contributed by atoms with Gasteiger partial charge in [0.1, 0.15) is 5.52 Å². The minimum absolute atomic E-state index is 0.245. The van der Waals surface area contributed by atoms with Gasteiger partial charge in [-0.2, -0.15) is 0 Å². The molecule has 0 atom stereocenters. The van der Waals surface area contributed by atoms with Crippen molar-refractivity contribution in [2.24, 2.45) is 0 Å². The fourth-order valence-corrected chi connectivity index (χ4v) is 2.40. The monoisotopic (exact) mass is 364 g/mol. The quantitative estimate of drug-likeness (QED) is 0.275. The molecule has 0 bridgehead atoms. The van der Waals surface area contributed by atoms with E-state index in [1.807, 2.05) is 25.1 Å². The third-order valence-corrected chi connectivity index (χ3v) is 3.91. The first-order chi connectivity index (χ1) is 13.2. The second-order valence-corrected chi connectivity index (χ2v) is 5.92. The average Bonchev–Trinajstić information content (AvgIpc) is 3.13. The molecule has 0 saturated carbocycles. The number of nitrogens with one attached hydrogen (secondary N) is 1. The molecule has 0 amide bonds. The van der Waals surface area contributed by atoms with Crippen molar-refractivity contribution < 1.29 is 18.7 Å². The predicted molar refractivity (Wildman–Crippen MR) is 103 cm³/mol. The van der Waals surface area contributed by atoms with E-state index in [4.69, 9.17) is 9.15 Å². The highest BCUT2D eigenvalue weighted by Gasteiger charge is 2.10. The molecular formula is C21H20N2O4. The average molecular weight is 364 g/mol. The van der Waals surface area contributed by atoms with Crippen molar-refractivity contribution in [3.8, 4) is 0 Å². The normalized spacial score (nSPS) is 11.4. The van der Waals surface area contributed by atoms with Gasteiger partial charge in [0.15, 0.2) is 11.9 Å². The number of aldehydes is 1. The number of hydrogen-bond acceptors (Lipinski definition) is 6. The lowest BCUT2D eigenvalue weighted by Crippen LogP contribution is -2.06. The zero-order chi connectivity index (χ0) is 19.1. The van der Waals surface area contributed by atoms with Crippen molar-refractivity contribution in [2.45, 2.75) is 19.8 Å². The molecule has 0 aliphatic rings. The molecule has 0 fully saturated rings. The Morgan fingerprint density at radius 1 is 1.19 bits per heavy atom. The van der Waals surface area contributed by atoms with Crippen LogP contribution in [0.1, 0.15) is 36.0 Å². The number of anilines is 1. The number of carbonyl (C=O) groups is 2. The van der Waals surface area contributed by atoms with Crippen molar-refractivity contribution in [1.29, 1.82) is 0 Å². The summed E-state index contributed by atoms with van der Waals surface area (Å²) < 4.78 is 10.8. The van der Waals surface area contributed by atoms with Crippen LogP contribution in [0.5, 0.6) is 0 Å². The number of benzene rings is 2. The molecule has 1 heterocycles. The van der Waals surface area contributed by atoms with E-state index in [9.17, 15) is 9.59 Å². The standard InChI is InChI=1S/C21H20N2O4/c1-2-3-12-26-21(25)15-8-10-17(11-9-15)22-13-16(14-24)20-23-18-6-4-5-7-19(18)27-20/h4-11,13-14,22H,2-3,12H2,1H3/b16-13+. The summed E-state index contributed by atoms with van der Waals surface area (Å²) in [6.07, 6.45) is 4.02. The molecule has 27 heavy (non-hydrogen) atoms. The summed E-state index contributed by atoms with van der Waals surface area (Å²) in [6, 6.07) is 14.1. The van der Waals surface area contributed by atoms with Crippen LogP contribution in [0.15, 0.2) is 59.1 Å². The zero-order valence-electron chi connectivity index (χ0n) is 15.0. The van der Waals surface area contributed by atoms with Gasteiger partial charge in [-0.25, -0.2) is 9.78 Å². The summed E-state index contributed by atoms with van der Waals surface area (Å²) in [7, 11) is 0. The number of unbranched alkanes of at least 4 members (excludes halogenated alkanes) is 1. The molecule has 0 aliphatic heterocycles. The number of esters is 1. The van der Waals surface area contributed by atoms with Gasteiger partial charge in [-0.15, -0.1) is 0 Å². The Morgan fingerprint density at radius 2 is 1.96 bits per heavy atom. The lowest BCUT2D eigenvalue weighted by Gasteiger charge is -2.05. The summed E-state index contributed by atoms with van der Waals surface area (Å²) >= 11 is 0. The van der Waals surface area contributed by atoms with Crippen LogP contribution >= 0.6 is 0 Å². The highest BCUT2D eigenvalue weighted by molar-refractivity contribution is 6.06. The molecule has 0 radical (unpaired) electrons. The maximum absolute atomic E-state index is 11.9. The first-order valence-corrected chi connectivity index (χ1v) is 8.76. The molecule has 1 N–H and O–H groups in total. The first kappa shape index (κ1) is 18.4. The molecule has 6 nitrogen and oxygen atoms in total. The van der Waals surface area contributed by atoms with Crippen LogP contribution in [0.2, 0.25) is 0 Å². The Morgan fingerprint density at radius 3 is 2.67 bits per heavy atom. The second kappa shape index (κ2) is 8.80. The third kappa shape index (κ3) is 4.61. The van der Waals surface area contributed by atoms with E-state index in [0.29, 0.717) is 29.6 Å². The minimum Gasteiger partial charge on any atom is -0.462 e. The molecule has 1 aromatic heterocycles. The number of carbonyl (C=O) groups excluding carboxylic acids is 2. The van der Waals surface area contributed by atoms with Crippen LogP contribution in [0.3, 0.4) is 0 Å². The van der Waals surface area contributed by atoms with Crippen LogP contribution in [0, 0.1) is 0 Å². The number of allylic oxidation sites excluding steroid dienone is 1. The molecule has 0 aliphatic carbocycles. The number of nitrogens with zero attached hydrogens (tertiary/aromatic N) is 1. The smallest absolute Gasteiger partial charge is 0.338 e. The molecule has 3 rings (SSSR count). The fraction of sp³-hybridized carbons (Fsp3) is 0.190. The van der Waals surface area contributed by atoms with Crippen molar-refractivity contribution in [2.75, 3.05) is 11.9 Å². The molecule has 138 valence electrons. The SMILES string of the molecule is CCCCOC(=O)c1ccc(N/C=C(\C=O)c2nc3ccccc3o2)cc1. The fourth-order valence-electron chi connectivity index (χ4n) is 2.40. The van der Waals surface area contributed by atoms with Gasteiger partial charge in [0.25, 0.3) is 0 Å². The van der Waals surface area contributed by atoms with Crippen LogP contribution in [0.4, 0.5) is 5.69 Å². The molecule has 2 aromatic carbocycles. The van der Waals surface area contributed by atoms with Gasteiger partial charge < -0.3 is 14.5 Å². The number of fused-ring (bicyclic) bond motifs is 1. The van der Waals surface area contributed by atoms with Crippen molar-refractivity contribution in [3.05, 3.63) is 66.2 Å². The lowest BCUT2D eigenvalue weighted by atomic mass is 10.2. The molecule has 0 spiro atoms. The van der Waals surface area contributed by atoms with E-state index in [1.54, 1.807) is 30.3 Å². The number of rotatable bonds is 8. The second-order valence-electron chi connectivity index (χ2n) is 5.92. The summed E-state index contributed by atoms with van der Waals surface area (Å²) in [4.78, 5) is 27.6. The molecule has 3 aromatic rings. The molecular weight excluding hydrogens is 344 g/mol. The molecule has 0 saturated heterocycles. The van der Waals surface area contributed by atoms with E-state index in [-0.39, 0.29) is 17.4 Å². The van der Waals surface area contributed by atoms with E-state index >= 15 is 0 Å². The zero-order valence-corrected chi connectivity index (χ0v) is 15.0. The van der Waals surface area contributed by atoms with E-state index < -0.39 is 0 Å². The minimum atomic E-state index is -0.342. The Hall–Kier alpha value is -3.41. The van der Waals surface area contributed by atoms with Crippen molar-refractivity contribution in [3.63, 3.8) is 0 Å².